The highest BCUT2D eigenvalue weighted by Gasteiger charge is 2.26. The first kappa shape index (κ1) is 13.3. The van der Waals surface area contributed by atoms with Crippen LogP contribution in [-0.2, 0) is 6.42 Å². The number of aliphatic hydroxyl groups excluding tert-OH is 1. The molecular weight excluding hydrogens is 272 g/mol. The van der Waals surface area contributed by atoms with Crippen LogP contribution in [0.1, 0.15) is 27.5 Å². The molecule has 0 spiro atoms. The summed E-state index contributed by atoms with van der Waals surface area (Å²) in [7, 11) is 0. The maximum Gasteiger partial charge on any atom is 0.273 e. The number of aromatic nitrogens is 1. The number of benzene rings is 1. The summed E-state index contributed by atoms with van der Waals surface area (Å²) in [6, 6.07) is 10.1. The second-order valence-electron chi connectivity index (χ2n) is 4.98. The number of hydrogen-bond donors (Lipinski definition) is 1. The Kier molecular flexibility index (Phi) is 3.80. The van der Waals surface area contributed by atoms with Gasteiger partial charge in [-0.2, -0.15) is 0 Å². The lowest BCUT2D eigenvalue weighted by Gasteiger charge is -2.13. The van der Waals surface area contributed by atoms with Gasteiger partial charge in [0.2, 0.25) is 0 Å². The van der Waals surface area contributed by atoms with Crippen LogP contribution >= 0.6 is 11.3 Å². The van der Waals surface area contributed by atoms with Crippen LogP contribution in [-0.4, -0.2) is 40.1 Å². The van der Waals surface area contributed by atoms with E-state index in [1.807, 2.05) is 23.6 Å². The van der Waals surface area contributed by atoms with Crippen molar-refractivity contribution in [1.29, 1.82) is 0 Å². The van der Waals surface area contributed by atoms with Crippen LogP contribution < -0.4 is 0 Å². The molecule has 3 rings (SSSR count). The zero-order chi connectivity index (χ0) is 13.9. The Morgan fingerprint density at radius 2 is 2.20 bits per heavy atom. The molecule has 1 aliphatic rings. The number of β-amino-alcohol motifs (C(OH)–C–C–N with tert-alkyl or cyclic N) is 1. The van der Waals surface area contributed by atoms with Crippen LogP contribution in [0.15, 0.2) is 35.7 Å². The van der Waals surface area contributed by atoms with Crippen LogP contribution in [0.3, 0.4) is 0 Å². The highest BCUT2D eigenvalue weighted by Crippen LogP contribution is 2.18. The highest BCUT2D eigenvalue weighted by molar-refractivity contribution is 7.09. The lowest BCUT2D eigenvalue weighted by molar-refractivity contribution is 0.0760. The Morgan fingerprint density at radius 1 is 1.40 bits per heavy atom. The minimum atomic E-state index is -0.388. The fourth-order valence-electron chi connectivity index (χ4n) is 2.35. The Labute approximate surface area is 121 Å². The molecule has 20 heavy (non-hydrogen) atoms. The molecule has 5 heteroatoms. The van der Waals surface area contributed by atoms with Gasteiger partial charge in [-0.15, -0.1) is 11.3 Å². The monoisotopic (exact) mass is 288 g/mol. The van der Waals surface area contributed by atoms with Gasteiger partial charge in [-0.25, -0.2) is 4.98 Å². The van der Waals surface area contributed by atoms with Crippen molar-refractivity contribution in [3.63, 3.8) is 0 Å². The van der Waals surface area contributed by atoms with Gasteiger partial charge in [0.15, 0.2) is 0 Å². The lowest BCUT2D eigenvalue weighted by Crippen LogP contribution is -2.29. The van der Waals surface area contributed by atoms with Crippen molar-refractivity contribution in [1.82, 2.24) is 9.88 Å². The molecule has 2 aromatic rings. The molecule has 0 aliphatic carbocycles. The summed E-state index contributed by atoms with van der Waals surface area (Å²) >= 11 is 1.51. The number of hydrogen-bond acceptors (Lipinski definition) is 4. The lowest BCUT2D eigenvalue weighted by atomic mass is 10.2. The van der Waals surface area contributed by atoms with Crippen molar-refractivity contribution in [3.8, 4) is 0 Å². The molecule has 1 saturated heterocycles. The van der Waals surface area contributed by atoms with Crippen molar-refractivity contribution < 1.29 is 9.90 Å². The zero-order valence-corrected chi connectivity index (χ0v) is 11.8. The molecule has 1 N–H and O–H groups in total. The standard InChI is InChI=1S/C15H16N2O2S/c18-12-6-7-17(9-12)15(19)13-10-20-14(16-13)8-11-4-2-1-3-5-11/h1-5,10,12,18H,6-9H2/t12-/m1/s1. The molecule has 1 amide bonds. The van der Waals surface area contributed by atoms with Crippen molar-refractivity contribution in [2.45, 2.75) is 18.9 Å². The van der Waals surface area contributed by atoms with Crippen LogP contribution in [0.5, 0.6) is 0 Å². The quantitative estimate of drug-likeness (QED) is 0.939. The Balaban J connectivity index is 1.69. The van der Waals surface area contributed by atoms with Crippen molar-refractivity contribution in [2.24, 2.45) is 0 Å². The minimum absolute atomic E-state index is 0.0721. The first-order valence-electron chi connectivity index (χ1n) is 6.68. The maximum absolute atomic E-state index is 12.2. The molecule has 0 saturated carbocycles. The molecule has 1 fully saturated rings. The van der Waals surface area contributed by atoms with E-state index in [1.165, 1.54) is 16.9 Å². The number of amides is 1. The Hall–Kier alpha value is -1.72. The van der Waals surface area contributed by atoms with E-state index in [9.17, 15) is 9.90 Å². The molecule has 2 heterocycles. The largest absolute Gasteiger partial charge is 0.391 e. The number of carbonyl (C=O) groups excluding carboxylic acids is 1. The van der Waals surface area contributed by atoms with E-state index in [0.29, 0.717) is 25.2 Å². The summed E-state index contributed by atoms with van der Waals surface area (Å²) in [6.45, 7) is 1.04. The summed E-state index contributed by atoms with van der Waals surface area (Å²) in [6.07, 6.45) is 1.02. The van der Waals surface area contributed by atoms with Gasteiger partial charge < -0.3 is 10.0 Å². The zero-order valence-electron chi connectivity index (χ0n) is 11.0. The Bertz CT molecular complexity index is 597. The fourth-order valence-corrected chi connectivity index (χ4v) is 3.15. The second-order valence-corrected chi connectivity index (χ2v) is 5.93. The summed E-state index contributed by atoms with van der Waals surface area (Å²) in [4.78, 5) is 18.3. The maximum atomic E-state index is 12.2. The van der Waals surface area contributed by atoms with E-state index in [-0.39, 0.29) is 12.0 Å². The van der Waals surface area contributed by atoms with Crippen molar-refractivity contribution >= 4 is 17.2 Å². The highest BCUT2D eigenvalue weighted by atomic mass is 32.1. The normalized spacial score (nSPS) is 18.4. The molecular formula is C15H16N2O2S. The van der Waals surface area contributed by atoms with Gasteiger partial charge in [-0.1, -0.05) is 30.3 Å². The molecule has 4 nitrogen and oxygen atoms in total. The van der Waals surface area contributed by atoms with E-state index < -0.39 is 0 Å². The number of rotatable bonds is 3. The van der Waals surface area contributed by atoms with E-state index in [0.717, 1.165) is 11.4 Å². The molecule has 0 radical (unpaired) electrons. The van der Waals surface area contributed by atoms with Gasteiger partial charge in [-0.05, 0) is 12.0 Å². The van der Waals surface area contributed by atoms with Gasteiger partial charge in [-0.3, -0.25) is 4.79 Å². The number of nitrogens with zero attached hydrogens (tertiary/aromatic N) is 2. The van der Waals surface area contributed by atoms with Crippen LogP contribution in [0.2, 0.25) is 0 Å². The predicted molar refractivity (Wildman–Crippen MR) is 77.9 cm³/mol. The number of likely N-dealkylation sites (tertiary alicyclic amines) is 1. The van der Waals surface area contributed by atoms with Crippen molar-refractivity contribution in [2.75, 3.05) is 13.1 Å². The summed E-state index contributed by atoms with van der Waals surface area (Å²) in [5.74, 6) is -0.0721. The molecule has 1 aromatic heterocycles. The fraction of sp³-hybridized carbons (Fsp3) is 0.333. The molecule has 1 aromatic carbocycles. The molecule has 0 unspecified atom stereocenters. The van der Waals surface area contributed by atoms with E-state index in [1.54, 1.807) is 4.90 Å². The van der Waals surface area contributed by atoms with Crippen molar-refractivity contribution in [3.05, 3.63) is 52.0 Å². The molecule has 0 bridgehead atoms. The third-order valence-electron chi connectivity index (χ3n) is 3.42. The average molecular weight is 288 g/mol. The molecule has 1 aliphatic heterocycles. The smallest absolute Gasteiger partial charge is 0.273 e. The van der Waals surface area contributed by atoms with Crippen LogP contribution in [0.25, 0.3) is 0 Å². The number of carbonyl (C=O) groups is 1. The SMILES string of the molecule is O=C(c1csc(Cc2ccccc2)n1)N1CC[C@@H](O)C1. The van der Waals surface area contributed by atoms with Gasteiger partial charge in [0.05, 0.1) is 11.1 Å². The summed E-state index contributed by atoms with van der Waals surface area (Å²) < 4.78 is 0. The first-order chi connectivity index (χ1) is 9.72. The first-order valence-corrected chi connectivity index (χ1v) is 7.56. The Morgan fingerprint density at radius 3 is 2.90 bits per heavy atom. The van der Waals surface area contributed by atoms with Crippen LogP contribution in [0, 0.1) is 0 Å². The van der Waals surface area contributed by atoms with E-state index in [4.69, 9.17) is 0 Å². The minimum Gasteiger partial charge on any atom is -0.391 e. The third-order valence-corrected chi connectivity index (χ3v) is 4.27. The van der Waals surface area contributed by atoms with Gasteiger partial charge in [0.25, 0.3) is 5.91 Å². The molecule has 1 atom stereocenters. The van der Waals surface area contributed by atoms with Gasteiger partial charge >= 0.3 is 0 Å². The number of thiazole rings is 1. The van der Waals surface area contributed by atoms with Gasteiger partial charge in [0.1, 0.15) is 5.69 Å². The van der Waals surface area contributed by atoms with E-state index in [2.05, 4.69) is 17.1 Å². The second kappa shape index (κ2) is 5.73. The summed E-state index contributed by atoms with van der Waals surface area (Å²) in [5.41, 5.74) is 1.69. The van der Waals surface area contributed by atoms with Gasteiger partial charge in [0, 0.05) is 24.9 Å². The predicted octanol–water partition coefficient (Wildman–Crippen LogP) is 1.94. The van der Waals surface area contributed by atoms with E-state index >= 15 is 0 Å². The third kappa shape index (κ3) is 2.89. The van der Waals surface area contributed by atoms with Crippen LogP contribution in [0.4, 0.5) is 0 Å². The number of aliphatic hydroxyl groups is 1. The average Bonchev–Trinajstić information content (AvgIpc) is 3.08. The summed E-state index contributed by atoms with van der Waals surface area (Å²) in [5, 5.41) is 12.2. The molecule has 104 valence electrons. The topological polar surface area (TPSA) is 53.4 Å².